The number of methoxy groups -OCH3 is 1. The number of alkyl halides is 3. The third kappa shape index (κ3) is 6.79. The number of benzene rings is 3. The van der Waals surface area contributed by atoms with E-state index in [0.717, 1.165) is 17.1 Å². The van der Waals surface area contributed by atoms with Crippen LogP contribution in [0, 0.1) is 5.82 Å². The van der Waals surface area contributed by atoms with Crippen molar-refractivity contribution in [1.29, 1.82) is 0 Å². The fourth-order valence-corrected chi connectivity index (χ4v) is 5.33. The zero-order valence-electron chi connectivity index (χ0n) is 22.5. The molecule has 5 rings (SSSR count). The molecule has 1 aromatic heterocycles. The number of hydrogen-bond acceptors (Lipinski definition) is 10. The Morgan fingerprint density at radius 3 is 2.41 bits per heavy atom. The van der Waals surface area contributed by atoms with Crippen LogP contribution in [0.15, 0.2) is 88.4 Å². The quantitative estimate of drug-likeness (QED) is 0.170. The first-order valence-electron chi connectivity index (χ1n) is 12.6. The van der Waals surface area contributed by atoms with Crippen LogP contribution in [0.4, 0.5) is 17.6 Å². The van der Waals surface area contributed by atoms with Crippen LogP contribution in [-0.2, 0) is 11.4 Å². The third-order valence-electron chi connectivity index (χ3n) is 6.10. The predicted molar refractivity (Wildman–Crippen MR) is 148 cm³/mol. The van der Waals surface area contributed by atoms with Crippen molar-refractivity contribution in [3.63, 3.8) is 0 Å². The molecule has 3 aromatic carbocycles. The molecule has 0 radical (unpaired) electrons. The molecule has 2 heterocycles. The van der Waals surface area contributed by atoms with Crippen LogP contribution in [-0.4, -0.2) is 35.4 Å². The van der Waals surface area contributed by atoms with Gasteiger partial charge < -0.3 is 23.5 Å². The van der Waals surface area contributed by atoms with Crippen molar-refractivity contribution in [3.05, 3.63) is 113 Å². The Labute approximate surface area is 250 Å². The van der Waals surface area contributed by atoms with Gasteiger partial charge in [-0.1, -0.05) is 23.9 Å². The van der Waals surface area contributed by atoms with E-state index in [4.69, 9.17) is 19.8 Å². The first-order valence-corrected chi connectivity index (χ1v) is 13.4. The highest BCUT2D eigenvalue weighted by Gasteiger charge is 2.37. The number of carbonyl (C=O) groups excluding carboxylic acids is 2. The summed E-state index contributed by atoms with van der Waals surface area (Å²) in [5.41, 5.74) is 1.03. The number of amides is 1. The number of nitrogens with zero attached hydrogens (tertiary/aromatic N) is 2. The van der Waals surface area contributed by atoms with Crippen LogP contribution in [0.3, 0.4) is 0 Å². The Kier molecular flexibility index (Phi) is 8.78. The van der Waals surface area contributed by atoms with Crippen molar-refractivity contribution < 1.29 is 50.6 Å². The second kappa shape index (κ2) is 12.7. The zero-order valence-corrected chi connectivity index (χ0v) is 23.4. The lowest BCUT2D eigenvalue weighted by molar-refractivity contribution is -0.274. The highest BCUT2D eigenvalue weighted by Crippen LogP contribution is 2.47. The number of hydrogen-bond donors (Lipinski definition) is 1. The summed E-state index contributed by atoms with van der Waals surface area (Å²) in [6.07, 6.45) is -4.89. The van der Waals surface area contributed by atoms with Crippen LogP contribution in [0.1, 0.15) is 43.2 Å². The van der Waals surface area contributed by atoms with Crippen LogP contribution in [0.25, 0.3) is 0 Å². The zero-order chi connectivity index (χ0) is 31.4. The number of furan rings is 1. The van der Waals surface area contributed by atoms with Crippen molar-refractivity contribution in [3.8, 4) is 17.2 Å². The molecule has 15 heteroatoms. The minimum atomic E-state index is -4.89. The fraction of sp³-hybridized carbons (Fsp3) is 0.138. The number of para-hydroxylation sites is 1. The van der Waals surface area contributed by atoms with Crippen molar-refractivity contribution in [1.82, 2.24) is 5.01 Å². The second-order valence-electron chi connectivity index (χ2n) is 8.94. The minimum absolute atomic E-state index is 0.0326. The Hall–Kier alpha value is -5.02. The molecule has 0 fully saturated rings. The van der Waals surface area contributed by atoms with E-state index in [-0.39, 0.29) is 35.2 Å². The standard InChI is InChI=1S/C29H21F4N3O7S/c1-39-24-21(3-2-4-22(24)40-15-20-13-14-23(41-20)28(38)43-34)27-36(35-25(44-27)16-5-9-18(30)10-6-16)26(37)17-7-11-19(12-8-17)42-29(31,32)33/h2-14,27H,15,34H2,1H3. The van der Waals surface area contributed by atoms with Crippen molar-refractivity contribution in [2.24, 2.45) is 11.0 Å². The molecule has 1 unspecified atom stereocenters. The van der Waals surface area contributed by atoms with E-state index in [9.17, 15) is 27.2 Å². The van der Waals surface area contributed by atoms with Gasteiger partial charge in [0.1, 0.15) is 34.4 Å². The molecule has 1 aliphatic heterocycles. The van der Waals surface area contributed by atoms with Gasteiger partial charge in [0.15, 0.2) is 11.5 Å². The number of thioether (sulfide) groups is 1. The Morgan fingerprint density at radius 2 is 1.75 bits per heavy atom. The average Bonchev–Trinajstić information content (AvgIpc) is 3.67. The number of rotatable bonds is 9. The van der Waals surface area contributed by atoms with Crippen molar-refractivity contribution in [2.75, 3.05) is 7.11 Å². The molecule has 228 valence electrons. The van der Waals surface area contributed by atoms with Gasteiger partial charge in [-0.25, -0.2) is 14.2 Å². The maximum absolute atomic E-state index is 13.7. The van der Waals surface area contributed by atoms with Crippen LogP contribution >= 0.6 is 11.8 Å². The minimum Gasteiger partial charge on any atom is -0.492 e. The number of carbonyl (C=O) groups is 2. The maximum Gasteiger partial charge on any atom is 0.573 e. The van der Waals surface area contributed by atoms with Gasteiger partial charge in [-0.3, -0.25) is 4.79 Å². The predicted octanol–water partition coefficient (Wildman–Crippen LogP) is 6.19. The van der Waals surface area contributed by atoms with Crippen molar-refractivity contribution >= 4 is 28.7 Å². The summed E-state index contributed by atoms with van der Waals surface area (Å²) in [7, 11) is 1.40. The lowest BCUT2D eigenvalue weighted by Crippen LogP contribution is -2.26. The van der Waals surface area contributed by atoms with E-state index >= 15 is 0 Å². The largest absolute Gasteiger partial charge is 0.573 e. The molecule has 44 heavy (non-hydrogen) atoms. The summed E-state index contributed by atoms with van der Waals surface area (Å²) in [6.45, 7) is -0.109. The van der Waals surface area contributed by atoms with E-state index in [1.165, 1.54) is 67.4 Å². The molecule has 0 saturated heterocycles. The molecule has 4 aromatic rings. The molecule has 1 amide bonds. The Balaban J connectivity index is 1.46. The van der Waals surface area contributed by atoms with E-state index in [0.29, 0.717) is 16.2 Å². The number of ether oxygens (including phenoxy) is 3. The van der Waals surface area contributed by atoms with E-state index < -0.39 is 35.2 Å². The molecular weight excluding hydrogens is 610 g/mol. The molecule has 1 aliphatic rings. The van der Waals surface area contributed by atoms with Gasteiger partial charge in [-0.05, 0) is 66.7 Å². The Morgan fingerprint density at radius 1 is 1.02 bits per heavy atom. The third-order valence-corrected chi connectivity index (χ3v) is 7.31. The summed E-state index contributed by atoms with van der Waals surface area (Å²) in [5, 5.41) is 5.20. The summed E-state index contributed by atoms with van der Waals surface area (Å²) in [6, 6.07) is 17.8. The van der Waals surface area contributed by atoms with Crippen LogP contribution in [0.2, 0.25) is 0 Å². The monoisotopic (exact) mass is 631 g/mol. The highest BCUT2D eigenvalue weighted by atomic mass is 32.2. The average molecular weight is 632 g/mol. The number of nitrogens with two attached hydrogens (primary N) is 1. The van der Waals surface area contributed by atoms with E-state index in [2.05, 4.69) is 14.7 Å². The Bertz CT molecular complexity index is 1690. The number of halogens is 4. The molecule has 0 bridgehead atoms. The summed E-state index contributed by atoms with van der Waals surface area (Å²) in [5.74, 6) is 3.11. The number of hydrazone groups is 1. The summed E-state index contributed by atoms with van der Waals surface area (Å²) in [4.78, 5) is 29.4. The fourth-order valence-electron chi connectivity index (χ4n) is 4.16. The first kappa shape index (κ1) is 30.4. The molecule has 0 aliphatic carbocycles. The summed E-state index contributed by atoms with van der Waals surface area (Å²) < 4.78 is 72.3. The van der Waals surface area contributed by atoms with E-state index in [1.807, 2.05) is 0 Å². The van der Waals surface area contributed by atoms with Gasteiger partial charge in [0.05, 0.1) is 7.11 Å². The van der Waals surface area contributed by atoms with Crippen LogP contribution < -0.4 is 20.1 Å². The van der Waals surface area contributed by atoms with Crippen LogP contribution in [0.5, 0.6) is 17.2 Å². The second-order valence-corrected chi connectivity index (χ2v) is 10.0. The smallest absolute Gasteiger partial charge is 0.492 e. The first-order chi connectivity index (χ1) is 21.1. The lowest BCUT2D eigenvalue weighted by atomic mass is 10.1. The van der Waals surface area contributed by atoms with Crippen molar-refractivity contribution in [2.45, 2.75) is 18.3 Å². The highest BCUT2D eigenvalue weighted by molar-refractivity contribution is 8.14. The SMILES string of the molecule is COc1c(OCc2ccc(C(=O)ON)o2)cccc1C1SC(c2ccc(F)cc2)=NN1C(=O)c1ccc(OC(F)(F)F)cc1. The molecule has 10 nitrogen and oxygen atoms in total. The molecule has 2 N–H and O–H groups in total. The van der Waals surface area contributed by atoms with Gasteiger partial charge in [0.25, 0.3) is 5.91 Å². The maximum atomic E-state index is 13.7. The van der Waals surface area contributed by atoms with E-state index in [1.54, 1.807) is 18.2 Å². The van der Waals surface area contributed by atoms with Gasteiger partial charge in [-0.2, -0.15) is 11.0 Å². The van der Waals surface area contributed by atoms with Gasteiger partial charge >= 0.3 is 12.3 Å². The van der Waals surface area contributed by atoms with Gasteiger partial charge in [-0.15, -0.1) is 13.2 Å². The van der Waals surface area contributed by atoms with Gasteiger partial charge in [0.2, 0.25) is 5.76 Å². The molecule has 1 atom stereocenters. The summed E-state index contributed by atoms with van der Waals surface area (Å²) >= 11 is 1.17. The lowest BCUT2D eigenvalue weighted by Gasteiger charge is -2.24. The molecule has 0 saturated carbocycles. The normalized spacial score (nSPS) is 14.6. The molecule has 0 spiro atoms. The molecular formula is C29H21F4N3O7S. The van der Waals surface area contributed by atoms with Gasteiger partial charge in [0, 0.05) is 16.7 Å². The topological polar surface area (TPSA) is 126 Å².